The summed E-state index contributed by atoms with van der Waals surface area (Å²) in [6.45, 7) is 13.5. The molecule has 0 saturated carbocycles. The maximum Gasteiger partial charge on any atom is 0.0979 e. The van der Waals surface area contributed by atoms with Gasteiger partial charge in [0.1, 0.15) is 0 Å². The fourth-order valence-corrected chi connectivity index (χ4v) is 6.49. The van der Waals surface area contributed by atoms with Crippen molar-refractivity contribution in [2.45, 2.75) is 52.4 Å². The van der Waals surface area contributed by atoms with Crippen LogP contribution in [0.3, 0.4) is 0 Å². The molecule has 0 aliphatic rings. The van der Waals surface area contributed by atoms with Gasteiger partial charge in [-0.3, -0.25) is 0 Å². The van der Waals surface area contributed by atoms with Gasteiger partial charge in [0.05, 0.1) is 22.1 Å². The lowest BCUT2D eigenvalue weighted by Crippen LogP contribution is -2.10. The normalized spacial score (nSPS) is 12.5. The molecule has 0 fully saturated rings. The van der Waals surface area contributed by atoms with Crippen LogP contribution in [0, 0.1) is 0 Å². The highest BCUT2D eigenvalue weighted by molar-refractivity contribution is 9.10. The number of nitrogens with zero attached hydrogens (tertiary/aromatic N) is 2. The average Bonchev–Trinajstić information content (AvgIpc) is 2.99. The third kappa shape index (κ3) is 4.90. The summed E-state index contributed by atoms with van der Waals surface area (Å²) >= 11 is 3.68. The van der Waals surface area contributed by atoms with Crippen molar-refractivity contribution >= 4 is 59.5 Å². The first-order valence-electron chi connectivity index (χ1n) is 14.9. The van der Waals surface area contributed by atoms with Crippen LogP contribution in [0.2, 0.25) is 0 Å². The second-order valence-electron chi connectivity index (χ2n) is 13.7. The van der Waals surface area contributed by atoms with Crippen LogP contribution in [-0.2, 0) is 10.8 Å². The van der Waals surface area contributed by atoms with Gasteiger partial charge in [-0.25, -0.2) is 9.97 Å². The van der Waals surface area contributed by atoms with Crippen molar-refractivity contribution in [3.05, 3.63) is 119 Å². The Bertz CT molecular complexity index is 2180. The molecule has 0 aliphatic heterocycles. The summed E-state index contributed by atoms with van der Waals surface area (Å²) < 4.78 is 1.06. The van der Waals surface area contributed by atoms with E-state index in [2.05, 4.69) is 161 Å². The van der Waals surface area contributed by atoms with E-state index in [-0.39, 0.29) is 10.8 Å². The van der Waals surface area contributed by atoms with Gasteiger partial charge in [0.25, 0.3) is 0 Å². The summed E-state index contributed by atoms with van der Waals surface area (Å²) in [5.74, 6) is 0. The maximum absolute atomic E-state index is 5.33. The lowest BCUT2D eigenvalue weighted by molar-refractivity contribution is 0.590. The molecule has 0 bridgehead atoms. The molecule has 3 heteroatoms. The van der Waals surface area contributed by atoms with Crippen LogP contribution in [-0.4, -0.2) is 9.97 Å². The molecule has 1 aromatic heterocycles. The Morgan fingerprint density at radius 3 is 1.37 bits per heavy atom. The Balaban J connectivity index is 1.53. The van der Waals surface area contributed by atoms with Gasteiger partial charge in [-0.05, 0) is 79.2 Å². The summed E-state index contributed by atoms with van der Waals surface area (Å²) in [4.78, 5) is 10.7. The molecule has 0 aliphatic carbocycles. The predicted molar refractivity (Wildman–Crippen MR) is 188 cm³/mol. The number of benzene rings is 6. The van der Waals surface area contributed by atoms with Crippen LogP contribution in [0.4, 0.5) is 0 Å². The van der Waals surface area contributed by atoms with Crippen LogP contribution in [0.5, 0.6) is 0 Å². The van der Waals surface area contributed by atoms with Crippen molar-refractivity contribution in [3.63, 3.8) is 0 Å². The van der Waals surface area contributed by atoms with Crippen LogP contribution in [0.15, 0.2) is 108 Å². The zero-order valence-electron chi connectivity index (χ0n) is 25.6. The minimum Gasteiger partial charge on any atom is -0.244 e. The summed E-state index contributed by atoms with van der Waals surface area (Å²) in [7, 11) is 0. The summed E-state index contributed by atoms with van der Waals surface area (Å²) in [6.07, 6.45) is 0. The molecule has 0 spiro atoms. The molecule has 2 nitrogen and oxygen atoms in total. The first-order valence-corrected chi connectivity index (χ1v) is 15.7. The molecule has 7 rings (SSSR count). The van der Waals surface area contributed by atoms with Crippen molar-refractivity contribution in [1.82, 2.24) is 9.97 Å². The molecule has 6 aromatic carbocycles. The van der Waals surface area contributed by atoms with Crippen molar-refractivity contribution in [2.75, 3.05) is 0 Å². The Hall–Kier alpha value is -4.08. The number of aromatic nitrogens is 2. The smallest absolute Gasteiger partial charge is 0.0979 e. The van der Waals surface area contributed by atoms with E-state index in [0.717, 1.165) is 42.9 Å². The maximum atomic E-state index is 5.33. The van der Waals surface area contributed by atoms with E-state index in [1.54, 1.807) is 0 Å². The van der Waals surface area contributed by atoms with Gasteiger partial charge in [-0.2, -0.15) is 0 Å². The molecule has 0 atom stereocenters. The first kappa shape index (κ1) is 27.7. The van der Waals surface area contributed by atoms with E-state index in [9.17, 15) is 0 Å². The third-order valence-corrected chi connectivity index (χ3v) is 9.13. The van der Waals surface area contributed by atoms with Crippen molar-refractivity contribution in [3.8, 4) is 22.3 Å². The molecular formula is C40H35BrN2. The Morgan fingerprint density at radius 2 is 0.907 bits per heavy atom. The zero-order valence-corrected chi connectivity index (χ0v) is 27.2. The quantitative estimate of drug-likeness (QED) is 0.141. The van der Waals surface area contributed by atoms with Gasteiger partial charge < -0.3 is 0 Å². The van der Waals surface area contributed by atoms with Gasteiger partial charge in [0, 0.05) is 15.2 Å². The number of hydrogen-bond donors (Lipinski definition) is 0. The molecule has 0 amide bonds. The van der Waals surface area contributed by atoms with Crippen molar-refractivity contribution in [1.29, 1.82) is 0 Å². The zero-order chi connectivity index (χ0) is 30.1. The van der Waals surface area contributed by atoms with Crippen LogP contribution >= 0.6 is 15.9 Å². The molecule has 0 saturated heterocycles. The fraction of sp³-hybridized carbons (Fsp3) is 0.200. The number of rotatable bonds is 2. The van der Waals surface area contributed by atoms with E-state index >= 15 is 0 Å². The Kier molecular flexibility index (Phi) is 6.45. The summed E-state index contributed by atoms with van der Waals surface area (Å²) in [5.41, 5.74) is 11.2. The number of hydrogen-bond acceptors (Lipinski definition) is 2. The molecule has 0 radical (unpaired) electrons. The van der Waals surface area contributed by atoms with E-state index in [4.69, 9.17) is 9.97 Å². The standard InChI is InChI=1S/C40H35BrN2/c1-39(2,3)26-15-11-24(12-16-26)32-22-35-36(23-33(32)25-13-17-27(18-14-25)40(4,5)6)43-38-31-20-19-28(41)21-34(31)29-9-7-8-10-30(29)37(38)42-35/h7-23H,1-6H3. The van der Waals surface area contributed by atoms with E-state index in [1.165, 1.54) is 38.6 Å². The Morgan fingerprint density at radius 1 is 0.465 bits per heavy atom. The minimum atomic E-state index is 0.0940. The van der Waals surface area contributed by atoms with Crippen LogP contribution < -0.4 is 0 Å². The van der Waals surface area contributed by atoms with Crippen LogP contribution in [0.25, 0.3) is 65.9 Å². The first-order chi connectivity index (χ1) is 20.5. The van der Waals surface area contributed by atoms with E-state index in [1.807, 2.05) is 0 Å². The molecule has 7 aromatic rings. The fourth-order valence-electron chi connectivity index (χ4n) is 6.13. The van der Waals surface area contributed by atoms with Gasteiger partial charge in [0.2, 0.25) is 0 Å². The topological polar surface area (TPSA) is 25.8 Å². The second kappa shape index (κ2) is 9.99. The third-order valence-electron chi connectivity index (χ3n) is 8.64. The van der Waals surface area contributed by atoms with Crippen molar-refractivity contribution in [2.24, 2.45) is 0 Å². The highest BCUT2D eigenvalue weighted by Crippen LogP contribution is 2.40. The molecule has 212 valence electrons. The molecule has 1 heterocycles. The van der Waals surface area contributed by atoms with E-state index in [0.29, 0.717) is 0 Å². The van der Waals surface area contributed by atoms with Crippen molar-refractivity contribution < 1.29 is 0 Å². The van der Waals surface area contributed by atoms with Crippen LogP contribution in [0.1, 0.15) is 52.7 Å². The van der Waals surface area contributed by atoms with Gasteiger partial charge in [-0.1, -0.05) is 136 Å². The lowest BCUT2D eigenvalue weighted by Gasteiger charge is -2.21. The molecule has 0 unspecified atom stereocenters. The summed E-state index contributed by atoms with van der Waals surface area (Å²) in [6, 6.07) is 37.5. The minimum absolute atomic E-state index is 0.0940. The second-order valence-corrected chi connectivity index (χ2v) is 14.6. The van der Waals surface area contributed by atoms with Gasteiger partial charge in [-0.15, -0.1) is 0 Å². The lowest BCUT2D eigenvalue weighted by atomic mass is 9.84. The molecule has 43 heavy (non-hydrogen) atoms. The SMILES string of the molecule is CC(C)(C)c1ccc(-c2cc3nc4c5ccccc5c5cc(Br)ccc5c4nc3cc2-c2ccc(C(C)(C)C)cc2)cc1. The monoisotopic (exact) mass is 622 g/mol. The predicted octanol–water partition coefficient (Wildman–Crippen LogP) is 11.8. The molecular weight excluding hydrogens is 588 g/mol. The van der Waals surface area contributed by atoms with E-state index < -0.39 is 0 Å². The highest BCUT2D eigenvalue weighted by Gasteiger charge is 2.19. The highest BCUT2D eigenvalue weighted by atomic mass is 79.9. The number of halogens is 1. The van der Waals surface area contributed by atoms with Gasteiger partial charge in [0.15, 0.2) is 0 Å². The molecule has 0 N–H and O–H groups in total. The van der Waals surface area contributed by atoms with Gasteiger partial charge >= 0.3 is 0 Å². The average molecular weight is 624 g/mol. The largest absolute Gasteiger partial charge is 0.244 e. The summed E-state index contributed by atoms with van der Waals surface area (Å²) in [5, 5.41) is 4.60. The Labute approximate surface area is 261 Å². The number of fused-ring (bicyclic) bond motifs is 7.